The molecule has 1 aliphatic heterocycles. The van der Waals surface area contributed by atoms with Crippen LogP contribution >= 0.6 is 11.3 Å². The van der Waals surface area contributed by atoms with Gasteiger partial charge in [-0.2, -0.15) is 0 Å². The van der Waals surface area contributed by atoms with Gasteiger partial charge >= 0.3 is 0 Å². The van der Waals surface area contributed by atoms with Crippen molar-refractivity contribution in [1.82, 2.24) is 4.57 Å². The van der Waals surface area contributed by atoms with Gasteiger partial charge in [0.1, 0.15) is 0 Å². The number of amides is 2. The molecule has 4 aromatic carbocycles. The molecule has 6 aromatic rings. The predicted octanol–water partition coefficient (Wildman–Crippen LogP) is 7.31. The molecule has 178 valence electrons. The van der Waals surface area contributed by atoms with E-state index in [9.17, 15) is 14.4 Å². The fourth-order valence-electron chi connectivity index (χ4n) is 5.63. The van der Waals surface area contributed by atoms with E-state index in [4.69, 9.17) is 0 Å². The van der Waals surface area contributed by atoms with Crippen molar-refractivity contribution in [3.8, 4) is 10.4 Å². The highest BCUT2D eigenvalue weighted by molar-refractivity contribution is 7.17. The first-order valence-electron chi connectivity index (χ1n) is 12.1. The topological polar surface area (TPSA) is 59.4 Å². The maximum Gasteiger partial charge on any atom is 0.265 e. The summed E-state index contributed by atoms with van der Waals surface area (Å²) in [5, 5.41) is 3.60. The summed E-state index contributed by atoms with van der Waals surface area (Å²) in [5.41, 5.74) is 4.66. The Kier molecular flexibility index (Phi) is 4.68. The Bertz CT molecular complexity index is 1920. The van der Waals surface area contributed by atoms with E-state index in [0.717, 1.165) is 50.5 Å². The largest absolute Gasteiger partial charge is 0.341 e. The number of fused-ring (bicyclic) bond motifs is 3. The summed E-state index contributed by atoms with van der Waals surface area (Å²) in [6.45, 7) is 2.93. The number of carbonyl (C=O) groups is 3. The maximum absolute atomic E-state index is 13.8. The van der Waals surface area contributed by atoms with Gasteiger partial charge in [-0.3, -0.25) is 14.4 Å². The van der Waals surface area contributed by atoms with Crippen LogP contribution in [0.1, 0.15) is 37.3 Å². The Morgan fingerprint density at radius 3 is 2.24 bits per heavy atom. The summed E-state index contributed by atoms with van der Waals surface area (Å²) in [7, 11) is 0. The Morgan fingerprint density at radius 2 is 1.46 bits per heavy atom. The van der Waals surface area contributed by atoms with Crippen LogP contribution in [0.15, 0.2) is 84.9 Å². The SMILES string of the molecule is CCn1c2ccccc2c2cc(N3C(=O)c4cccc5c(-c6ccc(C=O)s6)ccc(c45)C3=O)ccc21. The van der Waals surface area contributed by atoms with E-state index in [0.29, 0.717) is 27.1 Å². The molecule has 2 aromatic heterocycles. The number of rotatable bonds is 4. The predicted molar refractivity (Wildman–Crippen MR) is 149 cm³/mol. The average molecular weight is 501 g/mol. The minimum absolute atomic E-state index is 0.335. The average Bonchev–Trinajstić information content (AvgIpc) is 3.54. The van der Waals surface area contributed by atoms with Gasteiger partial charge in [0.25, 0.3) is 11.8 Å². The number of aldehydes is 1. The Balaban J connectivity index is 1.41. The molecule has 0 unspecified atom stereocenters. The zero-order valence-electron chi connectivity index (χ0n) is 19.9. The third-order valence-electron chi connectivity index (χ3n) is 7.25. The number of hydrogen-bond acceptors (Lipinski definition) is 4. The van der Waals surface area contributed by atoms with E-state index >= 15 is 0 Å². The number of carbonyl (C=O) groups excluding carboxylic acids is 3. The van der Waals surface area contributed by atoms with E-state index in [2.05, 4.69) is 23.6 Å². The van der Waals surface area contributed by atoms with E-state index in [1.165, 1.54) is 16.2 Å². The van der Waals surface area contributed by atoms with Crippen LogP contribution < -0.4 is 4.90 Å². The highest BCUT2D eigenvalue weighted by atomic mass is 32.1. The molecule has 0 aliphatic carbocycles. The molecule has 0 saturated carbocycles. The van der Waals surface area contributed by atoms with Crippen LogP contribution in [0.2, 0.25) is 0 Å². The summed E-state index contributed by atoms with van der Waals surface area (Å²) in [5.74, 6) is -0.669. The second-order valence-electron chi connectivity index (χ2n) is 9.12. The Hall–Kier alpha value is -4.55. The highest BCUT2D eigenvalue weighted by Crippen LogP contribution is 2.40. The third kappa shape index (κ3) is 2.99. The summed E-state index contributed by atoms with van der Waals surface area (Å²) in [4.78, 5) is 41.7. The number of para-hydroxylation sites is 1. The van der Waals surface area contributed by atoms with Crippen molar-refractivity contribution in [2.24, 2.45) is 0 Å². The monoisotopic (exact) mass is 500 g/mol. The molecule has 0 radical (unpaired) electrons. The lowest BCUT2D eigenvalue weighted by Crippen LogP contribution is -2.40. The zero-order valence-corrected chi connectivity index (χ0v) is 20.7. The molecule has 3 heterocycles. The van der Waals surface area contributed by atoms with Gasteiger partial charge in [0, 0.05) is 49.7 Å². The number of anilines is 1. The second kappa shape index (κ2) is 7.98. The molecule has 0 bridgehead atoms. The fraction of sp³-hybridized carbons (Fsp3) is 0.0645. The minimum Gasteiger partial charge on any atom is -0.341 e. The highest BCUT2D eigenvalue weighted by Gasteiger charge is 2.35. The number of aryl methyl sites for hydroxylation is 1. The number of hydrogen-bond donors (Lipinski definition) is 0. The van der Waals surface area contributed by atoms with E-state index in [1.807, 2.05) is 54.6 Å². The standard InChI is InChI=1S/C31H20N2O3S/c1-2-32-26-9-4-3-6-20(26)25-16-18(10-14-27(25)32)33-30(35)23-8-5-7-22-21(28-15-11-19(17-34)37-28)12-13-24(29(22)23)31(33)36/h3-17H,2H2,1H3. The Labute approximate surface area is 216 Å². The van der Waals surface area contributed by atoms with Crippen LogP contribution in [0, 0.1) is 0 Å². The van der Waals surface area contributed by atoms with Crippen molar-refractivity contribution < 1.29 is 14.4 Å². The summed E-state index contributed by atoms with van der Waals surface area (Å²) >= 11 is 1.39. The van der Waals surface area contributed by atoms with Crippen molar-refractivity contribution in [1.29, 1.82) is 0 Å². The molecule has 0 saturated heterocycles. The number of nitrogens with zero attached hydrogens (tertiary/aromatic N) is 2. The first-order chi connectivity index (χ1) is 18.1. The van der Waals surface area contributed by atoms with Gasteiger partial charge in [0.05, 0.1) is 10.6 Å². The molecular formula is C31H20N2O3S. The van der Waals surface area contributed by atoms with Gasteiger partial charge in [-0.25, -0.2) is 4.90 Å². The van der Waals surface area contributed by atoms with Gasteiger partial charge < -0.3 is 4.57 Å². The van der Waals surface area contributed by atoms with E-state index in [-0.39, 0.29) is 11.8 Å². The molecule has 6 heteroatoms. The number of imide groups is 1. The normalized spacial score (nSPS) is 13.3. The lowest BCUT2D eigenvalue weighted by molar-refractivity contribution is 0.0893. The van der Waals surface area contributed by atoms with Crippen molar-refractivity contribution in [3.63, 3.8) is 0 Å². The van der Waals surface area contributed by atoms with Crippen molar-refractivity contribution in [2.45, 2.75) is 13.5 Å². The van der Waals surface area contributed by atoms with E-state index in [1.54, 1.807) is 18.2 Å². The van der Waals surface area contributed by atoms with Crippen LogP contribution in [0.25, 0.3) is 43.0 Å². The van der Waals surface area contributed by atoms with Crippen LogP contribution in [0.5, 0.6) is 0 Å². The molecule has 0 fully saturated rings. The lowest BCUT2D eigenvalue weighted by Gasteiger charge is -2.28. The summed E-state index contributed by atoms with van der Waals surface area (Å²) in [6.07, 6.45) is 0.832. The first-order valence-corrected chi connectivity index (χ1v) is 12.9. The molecule has 5 nitrogen and oxygen atoms in total. The molecule has 0 N–H and O–H groups in total. The number of benzene rings is 4. The summed E-state index contributed by atoms with van der Waals surface area (Å²) in [6, 6.07) is 27.0. The molecule has 37 heavy (non-hydrogen) atoms. The van der Waals surface area contributed by atoms with Crippen LogP contribution in [0.4, 0.5) is 5.69 Å². The van der Waals surface area contributed by atoms with Gasteiger partial charge in [-0.05, 0) is 66.4 Å². The van der Waals surface area contributed by atoms with Gasteiger partial charge in [-0.15, -0.1) is 11.3 Å². The molecule has 0 atom stereocenters. The fourth-order valence-corrected chi connectivity index (χ4v) is 6.49. The molecular weight excluding hydrogens is 480 g/mol. The molecule has 1 aliphatic rings. The van der Waals surface area contributed by atoms with Gasteiger partial charge in [0.2, 0.25) is 0 Å². The smallest absolute Gasteiger partial charge is 0.265 e. The van der Waals surface area contributed by atoms with Gasteiger partial charge in [-0.1, -0.05) is 36.4 Å². The van der Waals surface area contributed by atoms with Crippen LogP contribution in [-0.4, -0.2) is 22.7 Å². The van der Waals surface area contributed by atoms with Crippen LogP contribution in [-0.2, 0) is 6.54 Å². The van der Waals surface area contributed by atoms with Crippen molar-refractivity contribution in [3.05, 3.63) is 101 Å². The maximum atomic E-state index is 13.8. The van der Waals surface area contributed by atoms with Crippen molar-refractivity contribution in [2.75, 3.05) is 4.90 Å². The summed E-state index contributed by atoms with van der Waals surface area (Å²) < 4.78 is 2.24. The quantitative estimate of drug-likeness (QED) is 0.188. The minimum atomic E-state index is -0.335. The van der Waals surface area contributed by atoms with Crippen molar-refractivity contribution >= 4 is 67.7 Å². The van der Waals surface area contributed by atoms with Crippen LogP contribution in [0.3, 0.4) is 0 Å². The number of aromatic nitrogens is 1. The molecule has 0 spiro atoms. The lowest BCUT2D eigenvalue weighted by atomic mass is 9.90. The van der Waals surface area contributed by atoms with E-state index < -0.39 is 0 Å². The zero-order chi connectivity index (χ0) is 25.3. The second-order valence-corrected chi connectivity index (χ2v) is 10.2. The number of thiophene rings is 1. The molecule has 7 rings (SSSR count). The Morgan fingerprint density at radius 1 is 0.730 bits per heavy atom. The third-order valence-corrected chi connectivity index (χ3v) is 8.29. The van der Waals surface area contributed by atoms with Gasteiger partial charge in [0.15, 0.2) is 6.29 Å². The first kappa shape index (κ1) is 21.7. The molecule has 2 amide bonds.